The van der Waals surface area contributed by atoms with E-state index in [1.165, 1.54) is 4.90 Å². The van der Waals surface area contributed by atoms with E-state index in [-0.39, 0.29) is 23.9 Å². The number of aliphatic hydroxyl groups is 1. The van der Waals surface area contributed by atoms with Crippen LogP contribution in [0.4, 0.5) is 19.0 Å². The van der Waals surface area contributed by atoms with Gasteiger partial charge in [-0.3, -0.25) is 4.79 Å². The van der Waals surface area contributed by atoms with E-state index in [2.05, 4.69) is 4.98 Å². The van der Waals surface area contributed by atoms with Crippen molar-refractivity contribution < 1.29 is 23.1 Å². The largest absolute Gasteiger partial charge is 0.417 e. The Kier molecular flexibility index (Phi) is 3.10. The Bertz CT molecular complexity index is 529. The lowest BCUT2D eigenvalue weighted by Crippen LogP contribution is -2.68. The van der Waals surface area contributed by atoms with Gasteiger partial charge in [-0.05, 0) is 6.07 Å². The summed E-state index contributed by atoms with van der Waals surface area (Å²) in [6.45, 7) is -0.305. The molecule has 1 saturated heterocycles. The lowest BCUT2D eigenvalue weighted by Gasteiger charge is -2.45. The van der Waals surface area contributed by atoms with E-state index in [0.29, 0.717) is 6.20 Å². The fourth-order valence-electron chi connectivity index (χ4n) is 1.71. The second-order valence-electron chi connectivity index (χ2n) is 4.28. The Labute approximate surface area is 110 Å². The molecule has 19 heavy (non-hydrogen) atoms. The van der Waals surface area contributed by atoms with Gasteiger partial charge in [-0.25, -0.2) is 4.98 Å². The van der Waals surface area contributed by atoms with Crippen molar-refractivity contribution in [3.8, 4) is 0 Å². The first kappa shape index (κ1) is 13.9. The number of alkyl halides is 3. The van der Waals surface area contributed by atoms with E-state index in [0.717, 1.165) is 6.07 Å². The molecular formula is C10H9ClF3N3O2. The Morgan fingerprint density at radius 1 is 1.53 bits per heavy atom. The zero-order valence-corrected chi connectivity index (χ0v) is 10.2. The Hall–Kier alpha value is -1.54. The van der Waals surface area contributed by atoms with E-state index in [1.807, 2.05) is 0 Å². The summed E-state index contributed by atoms with van der Waals surface area (Å²) in [5, 5.41) is 9.42. The highest BCUT2D eigenvalue weighted by Gasteiger charge is 2.47. The predicted molar refractivity (Wildman–Crippen MR) is 60.6 cm³/mol. The molecule has 0 atom stereocenters. The molecule has 2 heterocycles. The molecule has 1 aromatic rings. The number of carbonyl (C=O) groups is 1. The summed E-state index contributed by atoms with van der Waals surface area (Å²) in [6, 6.07) is 0.742. The second kappa shape index (κ2) is 4.24. The summed E-state index contributed by atoms with van der Waals surface area (Å²) in [4.78, 5) is 15.9. The van der Waals surface area contributed by atoms with Crippen LogP contribution in [0.25, 0.3) is 0 Å². The third-order valence-corrected chi connectivity index (χ3v) is 3.09. The van der Waals surface area contributed by atoms with Gasteiger partial charge >= 0.3 is 6.18 Å². The standard InChI is InChI=1S/C10H9ClF3N3O2/c11-6-1-5(10(12,13)14)2-16-7(6)17-3-9(19,4-17)8(15)18/h1-2,19H,3-4H2,(H2,15,18). The average Bonchev–Trinajstić information content (AvgIpc) is 2.23. The minimum absolute atomic E-state index is 0.0700. The summed E-state index contributed by atoms with van der Waals surface area (Å²) in [5.41, 5.74) is 2.32. The molecule has 0 bridgehead atoms. The Morgan fingerprint density at radius 2 is 2.11 bits per heavy atom. The molecule has 0 unspecified atom stereocenters. The molecule has 1 amide bonds. The van der Waals surface area contributed by atoms with Crippen molar-refractivity contribution in [2.24, 2.45) is 5.73 Å². The first-order chi connectivity index (χ1) is 8.63. The van der Waals surface area contributed by atoms with Crippen LogP contribution in [0.5, 0.6) is 0 Å². The third kappa shape index (κ3) is 2.45. The van der Waals surface area contributed by atoms with Crippen molar-refractivity contribution in [3.05, 3.63) is 22.8 Å². The molecule has 5 nitrogen and oxygen atoms in total. The fourth-order valence-corrected chi connectivity index (χ4v) is 2.00. The van der Waals surface area contributed by atoms with Gasteiger partial charge in [0.25, 0.3) is 5.91 Å². The van der Waals surface area contributed by atoms with Crippen molar-refractivity contribution in [2.75, 3.05) is 18.0 Å². The molecule has 0 aliphatic carbocycles. The summed E-state index contributed by atoms with van der Waals surface area (Å²) < 4.78 is 37.2. The van der Waals surface area contributed by atoms with Gasteiger partial charge in [-0.15, -0.1) is 0 Å². The Balaban J connectivity index is 2.19. The number of β-amino-alcohol motifs (C(OH)–C–C–N with tert-alkyl or cyclic N) is 1. The van der Waals surface area contributed by atoms with Gasteiger partial charge in [0.05, 0.1) is 23.7 Å². The van der Waals surface area contributed by atoms with Crippen LogP contribution in [0.2, 0.25) is 5.02 Å². The maximum absolute atomic E-state index is 12.4. The van der Waals surface area contributed by atoms with Gasteiger partial charge < -0.3 is 15.7 Å². The fraction of sp³-hybridized carbons (Fsp3) is 0.400. The Morgan fingerprint density at radius 3 is 2.53 bits per heavy atom. The summed E-state index contributed by atoms with van der Waals surface area (Å²) in [6.07, 6.45) is -3.89. The summed E-state index contributed by atoms with van der Waals surface area (Å²) in [7, 11) is 0. The number of hydrogen-bond acceptors (Lipinski definition) is 4. The second-order valence-corrected chi connectivity index (χ2v) is 4.69. The van der Waals surface area contributed by atoms with Crippen LogP contribution in [0.1, 0.15) is 5.56 Å². The molecule has 9 heteroatoms. The van der Waals surface area contributed by atoms with Crippen LogP contribution >= 0.6 is 11.6 Å². The quantitative estimate of drug-likeness (QED) is 0.845. The topological polar surface area (TPSA) is 79.5 Å². The number of aromatic nitrogens is 1. The van der Waals surface area contributed by atoms with Crippen LogP contribution in [0.3, 0.4) is 0 Å². The first-order valence-electron chi connectivity index (χ1n) is 5.13. The molecule has 0 spiro atoms. The van der Waals surface area contributed by atoms with Gasteiger partial charge in [0.2, 0.25) is 0 Å². The molecular weight excluding hydrogens is 287 g/mol. The molecule has 1 aromatic heterocycles. The lowest BCUT2D eigenvalue weighted by atomic mass is 9.93. The number of nitrogens with zero attached hydrogens (tertiary/aromatic N) is 2. The highest BCUT2D eigenvalue weighted by Crippen LogP contribution is 2.36. The van der Waals surface area contributed by atoms with E-state index < -0.39 is 23.2 Å². The molecule has 104 valence electrons. The van der Waals surface area contributed by atoms with Crippen molar-refractivity contribution in [2.45, 2.75) is 11.8 Å². The van der Waals surface area contributed by atoms with E-state index >= 15 is 0 Å². The van der Waals surface area contributed by atoms with Crippen LogP contribution in [-0.2, 0) is 11.0 Å². The first-order valence-corrected chi connectivity index (χ1v) is 5.51. The van der Waals surface area contributed by atoms with E-state index in [1.54, 1.807) is 0 Å². The van der Waals surface area contributed by atoms with Gasteiger partial charge in [0.15, 0.2) is 5.60 Å². The van der Waals surface area contributed by atoms with Gasteiger partial charge in [0.1, 0.15) is 5.82 Å². The summed E-state index contributed by atoms with van der Waals surface area (Å²) >= 11 is 5.71. The van der Waals surface area contributed by atoms with Crippen molar-refractivity contribution >= 4 is 23.3 Å². The molecule has 3 N–H and O–H groups in total. The number of pyridine rings is 1. The SMILES string of the molecule is NC(=O)C1(O)CN(c2ncc(C(F)(F)F)cc2Cl)C1. The molecule has 2 rings (SSSR count). The maximum Gasteiger partial charge on any atom is 0.417 e. The number of nitrogens with two attached hydrogens (primary N) is 1. The third-order valence-electron chi connectivity index (χ3n) is 2.81. The number of primary amides is 1. The van der Waals surface area contributed by atoms with Crippen molar-refractivity contribution in [3.63, 3.8) is 0 Å². The zero-order valence-electron chi connectivity index (χ0n) is 9.41. The average molecular weight is 296 g/mol. The number of carbonyl (C=O) groups excluding carboxylic acids is 1. The normalized spacial score (nSPS) is 18.1. The highest BCUT2D eigenvalue weighted by atomic mass is 35.5. The van der Waals surface area contributed by atoms with Crippen molar-refractivity contribution in [1.82, 2.24) is 4.98 Å². The van der Waals surface area contributed by atoms with Gasteiger partial charge in [-0.1, -0.05) is 11.6 Å². The highest BCUT2D eigenvalue weighted by molar-refractivity contribution is 6.33. The maximum atomic E-state index is 12.4. The minimum Gasteiger partial charge on any atom is -0.377 e. The molecule has 0 saturated carbocycles. The number of hydrogen-bond donors (Lipinski definition) is 2. The lowest BCUT2D eigenvalue weighted by molar-refractivity contribution is -0.138. The smallest absolute Gasteiger partial charge is 0.377 e. The van der Waals surface area contributed by atoms with Gasteiger partial charge in [0, 0.05) is 6.20 Å². The monoisotopic (exact) mass is 295 g/mol. The van der Waals surface area contributed by atoms with Crippen LogP contribution in [0, 0.1) is 0 Å². The van der Waals surface area contributed by atoms with Crippen molar-refractivity contribution in [1.29, 1.82) is 0 Å². The van der Waals surface area contributed by atoms with Gasteiger partial charge in [-0.2, -0.15) is 13.2 Å². The molecule has 1 aliphatic heterocycles. The van der Waals surface area contributed by atoms with E-state index in [9.17, 15) is 23.1 Å². The number of anilines is 1. The van der Waals surface area contributed by atoms with Crippen LogP contribution < -0.4 is 10.6 Å². The molecule has 0 aromatic carbocycles. The van der Waals surface area contributed by atoms with Crippen LogP contribution in [-0.4, -0.2) is 34.7 Å². The molecule has 1 fully saturated rings. The molecule has 0 radical (unpaired) electrons. The zero-order chi connectivity index (χ0) is 14.4. The summed E-state index contributed by atoms with van der Waals surface area (Å²) in [5.74, 6) is -0.827. The van der Waals surface area contributed by atoms with Crippen LogP contribution in [0.15, 0.2) is 12.3 Å². The van der Waals surface area contributed by atoms with E-state index in [4.69, 9.17) is 17.3 Å². The number of halogens is 4. The number of rotatable bonds is 2. The predicted octanol–water partition coefficient (Wildman–Crippen LogP) is 0.790. The molecule has 1 aliphatic rings. The number of amides is 1. The minimum atomic E-state index is -4.53.